The number of esters is 1. The molecule has 0 spiro atoms. The third-order valence-corrected chi connectivity index (χ3v) is 5.05. The van der Waals surface area contributed by atoms with Gasteiger partial charge < -0.3 is 10.1 Å². The molecule has 0 atom stereocenters. The first-order valence-corrected chi connectivity index (χ1v) is 9.45. The summed E-state index contributed by atoms with van der Waals surface area (Å²) in [5.74, 6) is -1.31. The molecule has 2 rings (SSSR count). The second-order valence-corrected chi connectivity index (χ2v) is 7.45. The number of hydrogen-bond acceptors (Lipinski definition) is 5. The van der Waals surface area contributed by atoms with E-state index in [1.54, 1.807) is 32.0 Å². The molecule has 1 amide bonds. The highest BCUT2D eigenvalue weighted by molar-refractivity contribution is 7.88. The van der Waals surface area contributed by atoms with Crippen molar-refractivity contribution in [2.24, 2.45) is 4.40 Å². The number of benzene rings is 1. The highest BCUT2D eigenvalue weighted by Gasteiger charge is 2.30. The van der Waals surface area contributed by atoms with Crippen molar-refractivity contribution in [3.8, 4) is 0 Å². The molecule has 0 bridgehead atoms. The molecule has 140 valence electrons. The van der Waals surface area contributed by atoms with Crippen molar-refractivity contribution in [1.82, 2.24) is 4.31 Å². The molecule has 8 nitrogen and oxygen atoms in total. The topological polar surface area (TPSA) is 105 Å². The first-order valence-electron chi connectivity index (χ1n) is 7.67. The van der Waals surface area contributed by atoms with Crippen molar-refractivity contribution in [2.45, 2.75) is 20.8 Å². The van der Waals surface area contributed by atoms with E-state index in [9.17, 15) is 18.0 Å². The molecular weight excluding hydrogens is 382 g/mol. The molecular formula is C16H18ClN3O5S. The Bertz CT molecular complexity index is 908. The molecule has 0 saturated carbocycles. The molecule has 0 aromatic heterocycles. The number of nitrogens with zero attached hydrogens (tertiary/aromatic N) is 2. The van der Waals surface area contributed by atoms with Gasteiger partial charge in [0.2, 0.25) is 5.91 Å². The summed E-state index contributed by atoms with van der Waals surface area (Å²) in [4.78, 5) is 24.2. The monoisotopic (exact) mass is 399 g/mol. The lowest BCUT2D eigenvalue weighted by Gasteiger charge is -2.23. The van der Waals surface area contributed by atoms with Crippen molar-refractivity contribution in [2.75, 3.05) is 18.5 Å². The quantitative estimate of drug-likeness (QED) is 0.763. The maximum absolute atomic E-state index is 12.3. The molecule has 1 aromatic rings. The van der Waals surface area contributed by atoms with Gasteiger partial charge in [-0.1, -0.05) is 17.7 Å². The first-order chi connectivity index (χ1) is 12.1. The average molecular weight is 400 g/mol. The Labute approximate surface area is 156 Å². The van der Waals surface area contributed by atoms with Gasteiger partial charge in [-0.3, -0.25) is 4.79 Å². The van der Waals surface area contributed by atoms with E-state index in [0.717, 1.165) is 11.8 Å². The van der Waals surface area contributed by atoms with Crippen LogP contribution in [0, 0.1) is 6.92 Å². The predicted octanol–water partition coefficient (Wildman–Crippen LogP) is 2.06. The lowest BCUT2D eigenvalue weighted by Crippen LogP contribution is -2.37. The average Bonchev–Trinajstić information content (AvgIpc) is 2.53. The van der Waals surface area contributed by atoms with Gasteiger partial charge in [0.25, 0.3) is 0 Å². The van der Waals surface area contributed by atoms with Gasteiger partial charge in [-0.15, -0.1) is 4.40 Å². The maximum Gasteiger partial charge on any atom is 0.344 e. The molecule has 0 fully saturated rings. The van der Waals surface area contributed by atoms with Gasteiger partial charge in [-0.25, -0.2) is 9.10 Å². The minimum atomic E-state index is -4.11. The maximum atomic E-state index is 12.3. The number of halogens is 1. The number of amides is 1. The summed E-state index contributed by atoms with van der Waals surface area (Å²) in [6, 6.07) is 4.96. The van der Waals surface area contributed by atoms with Crippen LogP contribution in [0.3, 0.4) is 0 Å². The molecule has 0 radical (unpaired) electrons. The van der Waals surface area contributed by atoms with E-state index in [2.05, 4.69) is 9.71 Å². The molecule has 1 N–H and O–H groups in total. The summed E-state index contributed by atoms with van der Waals surface area (Å²) in [6.45, 7) is 4.37. The van der Waals surface area contributed by atoms with E-state index in [1.165, 1.54) is 6.92 Å². The Balaban J connectivity index is 2.21. The molecule has 1 aliphatic heterocycles. The zero-order chi connectivity index (χ0) is 19.5. The fraction of sp³-hybridized carbons (Fsp3) is 0.312. The number of ether oxygens (including phenoxy) is 1. The smallest absolute Gasteiger partial charge is 0.344 e. The van der Waals surface area contributed by atoms with E-state index in [1.807, 2.05) is 0 Å². The van der Waals surface area contributed by atoms with E-state index in [-0.39, 0.29) is 17.9 Å². The normalized spacial score (nSPS) is 15.8. The largest absolute Gasteiger partial charge is 0.462 e. The minimum absolute atomic E-state index is 0.00536. The number of anilines is 1. The van der Waals surface area contributed by atoms with E-state index >= 15 is 0 Å². The number of carbonyl (C=O) groups excluding carboxylic acids is 2. The highest BCUT2D eigenvalue weighted by atomic mass is 35.5. The first kappa shape index (κ1) is 19.9. The van der Waals surface area contributed by atoms with Crippen molar-refractivity contribution >= 4 is 45.1 Å². The van der Waals surface area contributed by atoms with Gasteiger partial charge >= 0.3 is 16.2 Å². The lowest BCUT2D eigenvalue weighted by atomic mass is 10.2. The van der Waals surface area contributed by atoms with Crippen LogP contribution in [0.15, 0.2) is 34.4 Å². The molecule has 0 aliphatic carbocycles. The van der Waals surface area contributed by atoms with Crippen LogP contribution in [0.25, 0.3) is 0 Å². The fourth-order valence-electron chi connectivity index (χ4n) is 2.18. The van der Waals surface area contributed by atoms with E-state index < -0.39 is 28.6 Å². The van der Waals surface area contributed by atoms with Crippen LogP contribution in [0.2, 0.25) is 5.02 Å². The van der Waals surface area contributed by atoms with Gasteiger partial charge in [0, 0.05) is 16.9 Å². The van der Waals surface area contributed by atoms with Crippen molar-refractivity contribution in [3.63, 3.8) is 0 Å². The van der Waals surface area contributed by atoms with Crippen molar-refractivity contribution < 1.29 is 22.7 Å². The summed E-state index contributed by atoms with van der Waals surface area (Å²) in [5, 5.41) is 3.02. The second-order valence-electron chi connectivity index (χ2n) is 5.47. The summed E-state index contributed by atoms with van der Waals surface area (Å²) >= 11 is 5.90. The Morgan fingerprint density at radius 2 is 2.00 bits per heavy atom. The molecule has 1 heterocycles. The molecule has 1 aromatic carbocycles. The predicted molar refractivity (Wildman–Crippen MR) is 98.3 cm³/mol. The number of aryl methyl sites for hydroxylation is 1. The fourth-order valence-corrected chi connectivity index (χ4v) is 3.42. The number of nitrogens with one attached hydrogen (secondary N) is 1. The minimum Gasteiger partial charge on any atom is -0.462 e. The Morgan fingerprint density at radius 3 is 2.65 bits per heavy atom. The van der Waals surface area contributed by atoms with Gasteiger partial charge in [0.05, 0.1) is 17.9 Å². The van der Waals surface area contributed by atoms with Crippen LogP contribution in [0.5, 0.6) is 0 Å². The zero-order valence-corrected chi connectivity index (χ0v) is 16.0. The number of rotatable bonds is 5. The lowest BCUT2D eigenvalue weighted by molar-refractivity contribution is -0.138. The van der Waals surface area contributed by atoms with Crippen LogP contribution in [0.4, 0.5) is 5.69 Å². The van der Waals surface area contributed by atoms with Crippen molar-refractivity contribution in [1.29, 1.82) is 0 Å². The van der Waals surface area contributed by atoms with Gasteiger partial charge in [0.15, 0.2) is 0 Å². The molecule has 0 saturated heterocycles. The SMILES string of the molecule is CCOC(=O)C1=CN(CC(=O)Nc2cc(Cl)ccc2C)S(=O)(=O)N=C1C. The summed E-state index contributed by atoms with van der Waals surface area (Å²) < 4.78 is 33.4. The summed E-state index contributed by atoms with van der Waals surface area (Å²) in [5.41, 5.74) is 1.21. The molecule has 26 heavy (non-hydrogen) atoms. The van der Waals surface area contributed by atoms with Gasteiger partial charge in [-0.05, 0) is 38.5 Å². The van der Waals surface area contributed by atoms with Gasteiger partial charge in [0.1, 0.15) is 6.54 Å². The molecule has 10 heteroatoms. The van der Waals surface area contributed by atoms with Crippen LogP contribution in [-0.4, -0.2) is 43.5 Å². The molecule has 1 aliphatic rings. The third-order valence-electron chi connectivity index (χ3n) is 3.48. The molecule has 0 unspecified atom stereocenters. The van der Waals surface area contributed by atoms with Crippen LogP contribution in [0.1, 0.15) is 19.4 Å². The second kappa shape index (κ2) is 7.88. The number of hydrogen-bond donors (Lipinski definition) is 1. The Hall–Kier alpha value is -2.39. The highest BCUT2D eigenvalue weighted by Crippen LogP contribution is 2.21. The van der Waals surface area contributed by atoms with E-state index in [0.29, 0.717) is 15.0 Å². The summed E-state index contributed by atoms with van der Waals surface area (Å²) in [6.07, 6.45) is 1.06. The number of carbonyl (C=O) groups is 2. The van der Waals surface area contributed by atoms with Crippen LogP contribution >= 0.6 is 11.6 Å². The zero-order valence-electron chi connectivity index (χ0n) is 14.4. The van der Waals surface area contributed by atoms with Crippen molar-refractivity contribution in [3.05, 3.63) is 40.6 Å². The van der Waals surface area contributed by atoms with Crippen LogP contribution in [-0.2, 0) is 24.5 Å². The van der Waals surface area contributed by atoms with E-state index in [4.69, 9.17) is 16.3 Å². The Kier molecular flexibility index (Phi) is 6.04. The van der Waals surface area contributed by atoms with Crippen LogP contribution < -0.4 is 5.32 Å². The standard InChI is InChI=1S/C16H18ClN3O5S/c1-4-25-16(22)13-8-20(26(23,24)19-11(13)3)9-15(21)18-14-7-12(17)6-5-10(14)2/h5-8H,4,9H2,1-3H3,(H,18,21). The Morgan fingerprint density at radius 1 is 1.31 bits per heavy atom. The summed E-state index contributed by atoms with van der Waals surface area (Å²) in [7, 11) is -4.11. The third kappa shape index (κ3) is 4.61. The van der Waals surface area contributed by atoms with Gasteiger partial charge in [-0.2, -0.15) is 8.42 Å².